The van der Waals surface area contributed by atoms with E-state index in [1.165, 1.54) is 10.6 Å². The first-order valence-corrected chi connectivity index (χ1v) is 13.9. The second-order valence-corrected chi connectivity index (χ2v) is 11.4. The van der Waals surface area contributed by atoms with Crippen LogP contribution < -0.4 is 4.90 Å². The third-order valence-corrected chi connectivity index (χ3v) is 8.64. The minimum atomic E-state index is -3.61. The van der Waals surface area contributed by atoms with Crippen molar-refractivity contribution < 1.29 is 13.2 Å². The molecular weight excluding hydrogens is 492 g/mol. The molecule has 0 radical (unpaired) electrons. The second-order valence-electron chi connectivity index (χ2n) is 9.49. The van der Waals surface area contributed by atoms with E-state index in [1.807, 2.05) is 36.6 Å². The zero-order chi connectivity index (χ0) is 26.1. The molecule has 0 bridgehead atoms. The summed E-state index contributed by atoms with van der Waals surface area (Å²) in [5.41, 5.74) is 3.53. The molecule has 11 nitrogen and oxygen atoms in total. The molecular formula is C25H26N8O3S. The number of nitrogens with zero attached hydrogens (tertiary/aromatic N) is 8. The van der Waals surface area contributed by atoms with Gasteiger partial charge < -0.3 is 9.47 Å². The fourth-order valence-corrected chi connectivity index (χ4v) is 7.01. The number of sulfonamides is 1. The van der Waals surface area contributed by atoms with Crippen molar-refractivity contribution in [1.82, 2.24) is 33.8 Å². The molecule has 0 saturated carbocycles. The quantitative estimate of drug-likeness (QED) is 0.403. The Morgan fingerprint density at radius 2 is 1.84 bits per heavy atom. The lowest BCUT2D eigenvalue weighted by molar-refractivity contribution is -0.125. The van der Waals surface area contributed by atoms with Crippen LogP contribution in [0.1, 0.15) is 31.2 Å². The monoisotopic (exact) mass is 518 g/mol. The molecule has 190 valence electrons. The lowest BCUT2D eigenvalue weighted by atomic mass is 9.88. The van der Waals surface area contributed by atoms with Crippen molar-refractivity contribution >= 4 is 32.8 Å². The summed E-state index contributed by atoms with van der Waals surface area (Å²) in [6.45, 7) is 4.78. The van der Waals surface area contributed by atoms with E-state index in [0.717, 1.165) is 17.4 Å². The first kappa shape index (κ1) is 23.6. The molecule has 1 atom stereocenters. The summed E-state index contributed by atoms with van der Waals surface area (Å²) in [6, 6.07) is 5.64. The van der Waals surface area contributed by atoms with Crippen molar-refractivity contribution in [1.29, 1.82) is 0 Å². The van der Waals surface area contributed by atoms with Gasteiger partial charge in [-0.2, -0.15) is 4.31 Å². The van der Waals surface area contributed by atoms with Crippen LogP contribution in [-0.2, 0) is 26.9 Å². The minimum absolute atomic E-state index is 0.229. The van der Waals surface area contributed by atoms with E-state index in [0.29, 0.717) is 65.7 Å². The summed E-state index contributed by atoms with van der Waals surface area (Å²) in [4.78, 5) is 37.7. The topological polar surface area (TPSA) is 127 Å². The van der Waals surface area contributed by atoms with Crippen LogP contribution in [0.25, 0.3) is 33.8 Å². The van der Waals surface area contributed by atoms with Crippen LogP contribution in [0.3, 0.4) is 0 Å². The molecule has 37 heavy (non-hydrogen) atoms. The predicted octanol–water partition coefficient (Wildman–Crippen LogP) is 2.51. The average Bonchev–Trinajstić information content (AvgIpc) is 3.55. The molecule has 1 aromatic carbocycles. The molecule has 2 aliphatic rings. The number of carbonyl (C=O) groups is 1. The Morgan fingerprint density at radius 1 is 1.08 bits per heavy atom. The van der Waals surface area contributed by atoms with Gasteiger partial charge in [-0.3, -0.25) is 4.79 Å². The normalized spacial score (nSPS) is 19.9. The Hall–Kier alpha value is -3.77. The van der Waals surface area contributed by atoms with Crippen LogP contribution >= 0.6 is 0 Å². The number of amides is 1. The number of anilines is 1. The SMILES string of the molecule is CCn1c(-c2cnc(C)nc2)nc2c(-c3ccc4c(c3)C3(CCCN3S(C)(=O)=O)C(=O)N4C)ncnc21. The van der Waals surface area contributed by atoms with Crippen LogP contribution in [0.5, 0.6) is 0 Å². The second kappa shape index (κ2) is 8.12. The highest BCUT2D eigenvalue weighted by atomic mass is 32.2. The van der Waals surface area contributed by atoms with E-state index in [1.54, 1.807) is 24.3 Å². The number of rotatable bonds is 4. The molecule has 1 unspecified atom stereocenters. The Labute approximate surface area is 214 Å². The highest BCUT2D eigenvalue weighted by Crippen LogP contribution is 2.51. The van der Waals surface area contributed by atoms with Crippen molar-refractivity contribution in [3.63, 3.8) is 0 Å². The number of fused-ring (bicyclic) bond motifs is 3. The van der Waals surface area contributed by atoms with Crippen LogP contribution in [0.15, 0.2) is 36.9 Å². The van der Waals surface area contributed by atoms with Gasteiger partial charge in [0.15, 0.2) is 5.65 Å². The number of benzene rings is 1. The number of carbonyl (C=O) groups excluding carboxylic acids is 1. The largest absolute Gasteiger partial charge is 0.313 e. The van der Waals surface area contributed by atoms with Gasteiger partial charge in [-0.25, -0.2) is 33.3 Å². The van der Waals surface area contributed by atoms with Gasteiger partial charge in [0.05, 0.1) is 11.8 Å². The van der Waals surface area contributed by atoms with Gasteiger partial charge in [0, 0.05) is 49.3 Å². The lowest BCUT2D eigenvalue weighted by Crippen LogP contribution is -2.50. The fourth-order valence-electron chi connectivity index (χ4n) is 5.71. The molecule has 12 heteroatoms. The zero-order valence-electron chi connectivity index (χ0n) is 21.0. The molecule has 1 saturated heterocycles. The summed E-state index contributed by atoms with van der Waals surface area (Å²) < 4.78 is 28.8. The number of hydrogen-bond acceptors (Lipinski definition) is 8. The Balaban J connectivity index is 1.56. The van der Waals surface area contributed by atoms with Crippen molar-refractivity contribution in [2.45, 2.75) is 38.8 Å². The minimum Gasteiger partial charge on any atom is -0.313 e. The number of imidazole rings is 1. The third-order valence-electron chi connectivity index (χ3n) is 7.35. The first-order valence-electron chi connectivity index (χ1n) is 12.1. The maximum absolute atomic E-state index is 13.5. The first-order chi connectivity index (χ1) is 17.7. The van der Waals surface area contributed by atoms with Crippen molar-refractivity contribution in [3.8, 4) is 22.6 Å². The standard InChI is InChI=1S/C25H26N8O3S/c1-5-32-22(17-12-26-15(2)27-13-17)30-21-20(28-14-29-23(21)32)16-7-8-19-18(11-16)25(24(34)31(19)3)9-6-10-33(25)37(4,35)36/h7-8,11-14H,5-6,9-10H2,1-4H3. The summed E-state index contributed by atoms with van der Waals surface area (Å²) in [6.07, 6.45) is 7.18. The number of aromatic nitrogens is 6. The van der Waals surface area contributed by atoms with Crippen molar-refractivity contribution in [3.05, 3.63) is 48.3 Å². The summed E-state index contributed by atoms with van der Waals surface area (Å²) in [7, 11) is -1.92. The van der Waals surface area contributed by atoms with Gasteiger partial charge in [0.25, 0.3) is 5.91 Å². The lowest BCUT2D eigenvalue weighted by Gasteiger charge is -2.32. The molecule has 0 N–H and O–H groups in total. The highest BCUT2D eigenvalue weighted by Gasteiger charge is 2.58. The molecule has 1 fully saturated rings. The Morgan fingerprint density at radius 3 is 2.54 bits per heavy atom. The van der Waals surface area contributed by atoms with Gasteiger partial charge in [-0.15, -0.1) is 0 Å². The van der Waals surface area contributed by atoms with E-state index in [9.17, 15) is 13.2 Å². The van der Waals surface area contributed by atoms with Gasteiger partial charge in [-0.05, 0) is 38.8 Å². The van der Waals surface area contributed by atoms with Gasteiger partial charge >= 0.3 is 0 Å². The molecule has 3 aromatic heterocycles. The maximum atomic E-state index is 13.5. The van der Waals surface area contributed by atoms with Crippen LogP contribution in [0, 0.1) is 6.92 Å². The van der Waals surface area contributed by atoms with E-state index in [2.05, 4.69) is 19.9 Å². The predicted molar refractivity (Wildman–Crippen MR) is 138 cm³/mol. The summed E-state index contributed by atoms with van der Waals surface area (Å²) >= 11 is 0. The molecule has 1 spiro atoms. The van der Waals surface area contributed by atoms with Crippen LogP contribution in [0.4, 0.5) is 5.69 Å². The van der Waals surface area contributed by atoms with Crippen molar-refractivity contribution in [2.24, 2.45) is 0 Å². The fraction of sp³-hybridized carbons (Fsp3) is 0.360. The molecule has 4 aromatic rings. The van der Waals surface area contributed by atoms with Crippen LogP contribution in [0.2, 0.25) is 0 Å². The van der Waals surface area contributed by atoms with Gasteiger partial charge in [0.1, 0.15) is 34.7 Å². The number of aryl methyl sites for hydroxylation is 2. The molecule has 2 aliphatic heterocycles. The number of hydrogen-bond donors (Lipinski definition) is 0. The summed E-state index contributed by atoms with van der Waals surface area (Å²) in [5, 5.41) is 0. The smallest absolute Gasteiger partial charge is 0.252 e. The Bertz CT molecular complexity index is 1680. The molecule has 0 aliphatic carbocycles. The van der Waals surface area contributed by atoms with Crippen molar-refractivity contribution in [2.75, 3.05) is 24.7 Å². The van der Waals surface area contributed by atoms with E-state index in [-0.39, 0.29) is 5.91 Å². The highest BCUT2D eigenvalue weighted by molar-refractivity contribution is 7.88. The zero-order valence-corrected chi connectivity index (χ0v) is 21.8. The third kappa shape index (κ3) is 3.32. The van der Waals surface area contributed by atoms with Gasteiger partial charge in [-0.1, -0.05) is 6.07 Å². The molecule has 6 rings (SSSR count). The Kier molecular flexibility index (Phi) is 5.18. The van der Waals surface area contributed by atoms with Crippen LogP contribution in [-0.4, -0.2) is 68.0 Å². The van der Waals surface area contributed by atoms with E-state index < -0.39 is 15.6 Å². The number of likely N-dealkylation sites (N-methyl/N-ethyl adjacent to an activating group) is 1. The van der Waals surface area contributed by atoms with E-state index >= 15 is 0 Å². The summed E-state index contributed by atoms with van der Waals surface area (Å²) in [5.74, 6) is 1.13. The maximum Gasteiger partial charge on any atom is 0.252 e. The van der Waals surface area contributed by atoms with Gasteiger partial charge in [0.2, 0.25) is 10.0 Å². The average molecular weight is 519 g/mol. The molecule has 5 heterocycles. The van der Waals surface area contributed by atoms with E-state index in [4.69, 9.17) is 4.98 Å². The molecule has 1 amide bonds.